The number of thiophene rings is 1. The van der Waals surface area contributed by atoms with E-state index >= 15 is 0 Å². The van der Waals surface area contributed by atoms with E-state index in [0.717, 1.165) is 9.36 Å². The molecule has 0 nitrogen and oxygen atoms in total. The van der Waals surface area contributed by atoms with Gasteiger partial charge in [-0.25, -0.2) is 0 Å². The predicted molar refractivity (Wildman–Crippen MR) is 51.3 cm³/mol. The molecule has 0 aliphatic rings. The Balaban J connectivity index is 2.95. The molecule has 0 saturated heterocycles. The van der Waals surface area contributed by atoms with Crippen LogP contribution in [-0.4, -0.2) is 0 Å². The third-order valence-corrected chi connectivity index (χ3v) is 2.84. The Morgan fingerprint density at radius 1 is 1.60 bits per heavy atom. The molecule has 2 heteroatoms. The number of allylic oxidation sites excluding steroid dienone is 2. The van der Waals surface area contributed by atoms with E-state index in [1.165, 1.54) is 4.88 Å². The van der Waals surface area contributed by atoms with Gasteiger partial charge in [-0.3, -0.25) is 0 Å². The highest BCUT2D eigenvalue weighted by atomic mass is 79.9. The fraction of sp³-hybridized carbons (Fsp3) is 0. The smallest absolute Gasteiger partial charge is 0.0705 e. The maximum absolute atomic E-state index is 3.83. The summed E-state index contributed by atoms with van der Waals surface area (Å²) in [5.74, 6) is 0. The molecular weight excluding hydrogens is 208 g/mol. The summed E-state index contributed by atoms with van der Waals surface area (Å²) in [6.07, 6.45) is 1.76. The largest absolute Gasteiger partial charge is 0.128 e. The van der Waals surface area contributed by atoms with Crippen molar-refractivity contribution in [3.05, 3.63) is 40.0 Å². The van der Waals surface area contributed by atoms with Gasteiger partial charge in [-0.05, 0) is 33.6 Å². The lowest BCUT2D eigenvalue weighted by atomic mass is 10.2. The molecule has 1 aromatic heterocycles. The van der Waals surface area contributed by atoms with Gasteiger partial charge in [0, 0.05) is 4.88 Å². The van der Waals surface area contributed by atoms with Crippen molar-refractivity contribution in [2.75, 3.05) is 0 Å². The van der Waals surface area contributed by atoms with Crippen molar-refractivity contribution in [2.45, 2.75) is 0 Å². The lowest BCUT2D eigenvalue weighted by Gasteiger charge is -1.89. The van der Waals surface area contributed by atoms with Crippen LogP contribution in [0.1, 0.15) is 4.88 Å². The van der Waals surface area contributed by atoms with Crippen LogP contribution in [0.15, 0.2) is 35.2 Å². The van der Waals surface area contributed by atoms with Gasteiger partial charge in [-0.1, -0.05) is 19.2 Å². The number of rotatable bonds is 2. The van der Waals surface area contributed by atoms with E-state index in [0.29, 0.717) is 0 Å². The minimum Gasteiger partial charge on any atom is -0.128 e. The molecule has 0 saturated carbocycles. The van der Waals surface area contributed by atoms with E-state index < -0.39 is 0 Å². The molecule has 10 heavy (non-hydrogen) atoms. The summed E-state index contributed by atoms with van der Waals surface area (Å²) in [5.41, 5.74) is 0.982. The van der Waals surface area contributed by atoms with Crippen LogP contribution in [0.3, 0.4) is 0 Å². The highest BCUT2D eigenvalue weighted by Gasteiger charge is 1.96. The zero-order valence-electron chi connectivity index (χ0n) is 5.43. The van der Waals surface area contributed by atoms with Gasteiger partial charge >= 0.3 is 0 Å². The Morgan fingerprint density at radius 2 is 2.30 bits per heavy atom. The van der Waals surface area contributed by atoms with Crippen LogP contribution in [0.4, 0.5) is 0 Å². The Labute approximate surface area is 73.0 Å². The van der Waals surface area contributed by atoms with Gasteiger partial charge in [0.25, 0.3) is 0 Å². The first-order chi connectivity index (χ1) is 4.74. The van der Waals surface area contributed by atoms with Crippen molar-refractivity contribution in [3.63, 3.8) is 0 Å². The van der Waals surface area contributed by atoms with Crippen molar-refractivity contribution in [3.8, 4) is 0 Å². The van der Waals surface area contributed by atoms with Gasteiger partial charge in [0.1, 0.15) is 0 Å². The number of hydrogen-bond donors (Lipinski definition) is 0. The molecule has 0 aromatic carbocycles. The maximum Gasteiger partial charge on any atom is 0.0705 e. The number of hydrogen-bond acceptors (Lipinski definition) is 1. The van der Waals surface area contributed by atoms with Crippen LogP contribution in [0.2, 0.25) is 0 Å². The lowest BCUT2D eigenvalue weighted by Crippen LogP contribution is -1.65. The van der Waals surface area contributed by atoms with Crippen molar-refractivity contribution in [1.82, 2.24) is 0 Å². The molecule has 0 aliphatic heterocycles. The van der Waals surface area contributed by atoms with Crippen LogP contribution < -0.4 is 0 Å². The Bertz CT molecular complexity index is 260. The molecule has 0 fully saturated rings. The molecule has 0 bridgehead atoms. The van der Waals surface area contributed by atoms with Crippen molar-refractivity contribution >= 4 is 32.8 Å². The SMILES string of the molecule is C=CC(=C)c1ccc(Br)s1. The van der Waals surface area contributed by atoms with Crippen LogP contribution in [0, 0.1) is 0 Å². The van der Waals surface area contributed by atoms with Gasteiger partial charge in [0.05, 0.1) is 3.79 Å². The first-order valence-corrected chi connectivity index (χ1v) is 4.42. The van der Waals surface area contributed by atoms with E-state index in [4.69, 9.17) is 0 Å². The minimum atomic E-state index is 0.982. The fourth-order valence-corrected chi connectivity index (χ4v) is 1.94. The topological polar surface area (TPSA) is 0 Å². The van der Waals surface area contributed by atoms with E-state index in [-0.39, 0.29) is 0 Å². The highest BCUT2D eigenvalue weighted by molar-refractivity contribution is 9.11. The molecule has 1 rings (SSSR count). The standard InChI is InChI=1S/C8H7BrS/c1-3-6(2)7-4-5-8(9)10-7/h3-5H,1-2H2. The molecule has 0 amide bonds. The highest BCUT2D eigenvalue weighted by Crippen LogP contribution is 2.27. The summed E-state index contributed by atoms with van der Waals surface area (Å²) in [6.45, 7) is 7.47. The zero-order valence-corrected chi connectivity index (χ0v) is 7.83. The molecule has 0 aliphatic carbocycles. The fourth-order valence-electron chi connectivity index (χ4n) is 0.587. The van der Waals surface area contributed by atoms with Gasteiger partial charge in [-0.15, -0.1) is 11.3 Å². The molecule has 0 atom stereocenters. The summed E-state index contributed by atoms with van der Waals surface area (Å²) in [5, 5.41) is 0. The first kappa shape index (κ1) is 7.76. The van der Waals surface area contributed by atoms with Crippen LogP contribution >= 0.6 is 27.3 Å². The second-order valence-electron chi connectivity index (χ2n) is 1.83. The Morgan fingerprint density at radius 3 is 2.70 bits per heavy atom. The monoisotopic (exact) mass is 214 g/mol. The molecule has 0 unspecified atom stereocenters. The van der Waals surface area contributed by atoms with Gasteiger partial charge in [-0.2, -0.15) is 0 Å². The minimum absolute atomic E-state index is 0.982. The third kappa shape index (κ3) is 1.58. The van der Waals surface area contributed by atoms with E-state index in [1.54, 1.807) is 17.4 Å². The second-order valence-corrected chi connectivity index (χ2v) is 4.30. The molecule has 0 N–H and O–H groups in total. The van der Waals surface area contributed by atoms with Crippen molar-refractivity contribution in [1.29, 1.82) is 0 Å². The Hall–Kier alpha value is -0.340. The van der Waals surface area contributed by atoms with E-state index in [9.17, 15) is 0 Å². The van der Waals surface area contributed by atoms with Gasteiger partial charge < -0.3 is 0 Å². The summed E-state index contributed by atoms with van der Waals surface area (Å²) >= 11 is 5.04. The van der Waals surface area contributed by atoms with Gasteiger partial charge in [0.2, 0.25) is 0 Å². The second kappa shape index (κ2) is 3.17. The molecular formula is C8H7BrS. The van der Waals surface area contributed by atoms with E-state index in [2.05, 4.69) is 29.1 Å². The molecule has 0 spiro atoms. The quantitative estimate of drug-likeness (QED) is 0.659. The van der Waals surface area contributed by atoms with Gasteiger partial charge in [0.15, 0.2) is 0 Å². The first-order valence-electron chi connectivity index (χ1n) is 2.81. The molecule has 0 radical (unpaired) electrons. The third-order valence-electron chi connectivity index (χ3n) is 1.14. The van der Waals surface area contributed by atoms with Crippen LogP contribution in [0.5, 0.6) is 0 Å². The van der Waals surface area contributed by atoms with Crippen molar-refractivity contribution in [2.24, 2.45) is 0 Å². The Kier molecular flexibility index (Phi) is 2.46. The summed E-state index contributed by atoms with van der Waals surface area (Å²) < 4.78 is 1.13. The number of halogens is 1. The summed E-state index contributed by atoms with van der Waals surface area (Å²) in [4.78, 5) is 1.17. The molecule has 52 valence electrons. The summed E-state index contributed by atoms with van der Waals surface area (Å²) in [6, 6.07) is 4.04. The van der Waals surface area contributed by atoms with Crippen LogP contribution in [-0.2, 0) is 0 Å². The summed E-state index contributed by atoms with van der Waals surface area (Å²) in [7, 11) is 0. The average Bonchev–Trinajstić information content (AvgIpc) is 2.34. The average molecular weight is 215 g/mol. The zero-order chi connectivity index (χ0) is 7.56. The molecule has 1 heterocycles. The van der Waals surface area contributed by atoms with Crippen LogP contribution in [0.25, 0.3) is 5.57 Å². The predicted octanol–water partition coefficient (Wildman–Crippen LogP) is 3.71. The molecule has 1 aromatic rings. The maximum atomic E-state index is 3.83. The lowest BCUT2D eigenvalue weighted by molar-refractivity contribution is 1.87. The van der Waals surface area contributed by atoms with Crippen molar-refractivity contribution < 1.29 is 0 Å². The van der Waals surface area contributed by atoms with E-state index in [1.807, 2.05) is 12.1 Å². The normalized spacial score (nSPS) is 9.30.